The summed E-state index contributed by atoms with van der Waals surface area (Å²) in [6.45, 7) is 5.90. The molecular weight excluding hydrogens is 218 g/mol. The second kappa shape index (κ2) is 6.00. The Morgan fingerprint density at radius 3 is 2.24 bits per heavy atom. The average Bonchev–Trinajstić information content (AvgIpc) is 3.01. The second-order valence-corrected chi connectivity index (χ2v) is 5.10. The third-order valence-electron chi connectivity index (χ3n) is 3.07. The topological polar surface area (TPSA) is 84.2 Å². The number of hydrogen-bond acceptors (Lipinski definition) is 3. The summed E-state index contributed by atoms with van der Waals surface area (Å²) in [5.41, 5.74) is 5.56. The van der Waals surface area contributed by atoms with Crippen LogP contribution in [0.3, 0.4) is 0 Å². The number of carbonyl (C=O) groups excluding carboxylic acids is 2. The Morgan fingerprint density at radius 2 is 1.82 bits per heavy atom. The van der Waals surface area contributed by atoms with Gasteiger partial charge in [0.05, 0.1) is 5.92 Å². The van der Waals surface area contributed by atoms with Gasteiger partial charge < -0.3 is 16.4 Å². The van der Waals surface area contributed by atoms with Gasteiger partial charge in [0.2, 0.25) is 11.8 Å². The van der Waals surface area contributed by atoms with Crippen LogP contribution >= 0.6 is 0 Å². The molecule has 5 nitrogen and oxygen atoms in total. The summed E-state index contributed by atoms with van der Waals surface area (Å²) in [5, 5.41) is 5.57. The lowest BCUT2D eigenvalue weighted by Crippen LogP contribution is -2.49. The molecule has 2 unspecified atom stereocenters. The summed E-state index contributed by atoms with van der Waals surface area (Å²) in [5.74, 6) is -0.300. The van der Waals surface area contributed by atoms with Gasteiger partial charge >= 0.3 is 0 Å². The number of amides is 2. The molecule has 4 N–H and O–H groups in total. The summed E-state index contributed by atoms with van der Waals surface area (Å²) in [7, 11) is 0. The van der Waals surface area contributed by atoms with E-state index in [9.17, 15) is 9.59 Å². The summed E-state index contributed by atoms with van der Waals surface area (Å²) in [6, 6.07) is -0.173. The van der Waals surface area contributed by atoms with E-state index < -0.39 is 6.04 Å². The minimum absolute atomic E-state index is 0.111. The SMILES string of the molecule is CC(NC(=O)C(CN)C(C)C)C(=O)NC1CC1. The van der Waals surface area contributed by atoms with E-state index in [4.69, 9.17) is 5.73 Å². The zero-order chi connectivity index (χ0) is 13.0. The van der Waals surface area contributed by atoms with Gasteiger partial charge in [0.1, 0.15) is 6.04 Å². The van der Waals surface area contributed by atoms with Gasteiger partial charge in [0.25, 0.3) is 0 Å². The normalized spacial score (nSPS) is 18.6. The van der Waals surface area contributed by atoms with Crippen molar-refractivity contribution in [2.24, 2.45) is 17.6 Å². The highest BCUT2D eigenvalue weighted by molar-refractivity contribution is 5.88. The molecule has 0 bridgehead atoms. The van der Waals surface area contributed by atoms with E-state index >= 15 is 0 Å². The minimum Gasteiger partial charge on any atom is -0.352 e. The lowest BCUT2D eigenvalue weighted by molar-refractivity contribution is -0.131. The van der Waals surface area contributed by atoms with Crippen molar-refractivity contribution in [3.8, 4) is 0 Å². The van der Waals surface area contributed by atoms with E-state index in [1.54, 1.807) is 6.92 Å². The van der Waals surface area contributed by atoms with Gasteiger partial charge in [-0.15, -0.1) is 0 Å². The van der Waals surface area contributed by atoms with Gasteiger partial charge in [-0.2, -0.15) is 0 Å². The Hall–Kier alpha value is -1.10. The molecule has 1 aliphatic rings. The predicted octanol–water partition coefficient (Wildman–Crippen LogP) is 0.000600. The van der Waals surface area contributed by atoms with Crippen LogP contribution in [-0.2, 0) is 9.59 Å². The Labute approximate surface area is 103 Å². The molecule has 1 rings (SSSR count). The van der Waals surface area contributed by atoms with E-state index in [0.717, 1.165) is 12.8 Å². The van der Waals surface area contributed by atoms with Crippen LogP contribution in [0, 0.1) is 11.8 Å². The second-order valence-electron chi connectivity index (χ2n) is 5.10. The summed E-state index contributed by atoms with van der Waals surface area (Å²) >= 11 is 0. The Bertz CT molecular complexity index is 287. The van der Waals surface area contributed by atoms with Crippen molar-refractivity contribution in [2.45, 2.75) is 45.7 Å². The first-order valence-electron chi connectivity index (χ1n) is 6.26. The fraction of sp³-hybridized carbons (Fsp3) is 0.833. The van der Waals surface area contributed by atoms with Crippen LogP contribution in [0.15, 0.2) is 0 Å². The van der Waals surface area contributed by atoms with Gasteiger partial charge in [0.15, 0.2) is 0 Å². The Kier molecular flexibility index (Phi) is 4.93. The molecule has 2 amide bonds. The zero-order valence-corrected chi connectivity index (χ0v) is 10.8. The van der Waals surface area contributed by atoms with Crippen molar-refractivity contribution in [3.63, 3.8) is 0 Å². The molecule has 0 radical (unpaired) electrons. The maximum absolute atomic E-state index is 11.9. The van der Waals surface area contributed by atoms with Crippen molar-refractivity contribution < 1.29 is 9.59 Å². The fourth-order valence-corrected chi connectivity index (χ4v) is 1.62. The highest BCUT2D eigenvalue weighted by atomic mass is 16.2. The van der Waals surface area contributed by atoms with Crippen molar-refractivity contribution in [1.82, 2.24) is 10.6 Å². The van der Waals surface area contributed by atoms with Crippen molar-refractivity contribution >= 4 is 11.8 Å². The van der Waals surface area contributed by atoms with Gasteiger partial charge in [-0.1, -0.05) is 13.8 Å². The number of rotatable bonds is 6. The highest BCUT2D eigenvalue weighted by Gasteiger charge is 2.28. The van der Waals surface area contributed by atoms with E-state index in [1.807, 2.05) is 13.8 Å². The van der Waals surface area contributed by atoms with E-state index in [0.29, 0.717) is 12.6 Å². The first-order valence-corrected chi connectivity index (χ1v) is 6.26. The van der Waals surface area contributed by atoms with E-state index in [2.05, 4.69) is 10.6 Å². The quantitative estimate of drug-likeness (QED) is 0.612. The van der Waals surface area contributed by atoms with Crippen LogP contribution in [0.2, 0.25) is 0 Å². The Morgan fingerprint density at radius 1 is 1.24 bits per heavy atom. The molecule has 0 aromatic heterocycles. The molecule has 5 heteroatoms. The molecule has 0 heterocycles. The summed E-state index contributed by atoms with van der Waals surface area (Å²) in [4.78, 5) is 23.5. The van der Waals surface area contributed by atoms with Crippen LogP contribution in [0.4, 0.5) is 0 Å². The first kappa shape index (κ1) is 14.0. The maximum atomic E-state index is 11.9. The molecule has 1 fully saturated rings. The van der Waals surface area contributed by atoms with Crippen LogP contribution < -0.4 is 16.4 Å². The lowest BCUT2D eigenvalue weighted by atomic mass is 9.95. The smallest absolute Gasteiger partial charge is 0.242 e. The molecule has 0 saturated heterocycles. The molecule has 0 aromatic rings. The van der Waals surface area contributed by atoms with E-state index in [1.165, 1.54) is 0 Å². The summed E-state index contributed by atoms with van der Waals surface area (Å²) < 4.78 is 0. The largest absolute Gasteiger partial charge is 0.352 e. The maximum Gasteiger partial charge on any atom is 0.242 e. The predicted molar refractivity (Wildman–Crippen MR) is 66.2 cm³/mol. The third kappa shape index (κ3) is 4.34. The number of nitrogens with two attached hydrogens (primary N) is 1. The molecular formula is C12H23N3O2. The van der Waals surface area contributed by atoms with Crippen molar-refractivity contribution in [3.05, 3.63) is 0 Å². The van der Waals surface area contributed by atoms with Crippen LogP contribution in [0.5, 0.6) is 0 Å². The molecule has 98 valence electrons. The molecule has 1 saturated carbocycles. The van der Waals surface area contributed by atoms with Gasteiger partial charge in [0, 0.05) is 12.6 Å². The minimum atomic E-state index is -0.490. The summed E-state index contributed by atoms with van der Waals surface area (Å²) in [6.07, 6.45) is 2.09. The van der Waals surface area contributed by atoms with Gasteiger partial charge in [-0.3, -0.25) is 9.59 Å². The molecule has 2 atom stereocenters. The average molecular weight is 241 g/mol. The molecule has 17 heavy (non-hydrogen) atoms. The van der Waals surface area contributed by atoms with Crippen LogP contribution in [0.25, 0.3) is 0 Å². The fourth-order valence-electron chi connectivity index (χ4n) is 1.62. The van der Waals surface area contributed by atoms with E-state index in [-0.39, 0.29) is 23.7 Å². The van der Waals surface area contributed by atoms with Gasteiger partial charge in [-0.25, -0.2) is 0 Å². The molecule has 1 aliphatic carbocycles. The lowest BCUT2D eigenvalue weighted by Gasteiger charge is -2.21. The molecule has 0 aliphatic heterocycles. The molecule has 0 spiro atoms. The third-order valence-corrected chi connectivity index (χ3v) is 3.07. The number of hydrogen-bond donors (Lipinski definition) is 3. The standard InChI is InChI=1S/C12H23N3O2/c1-7(2)10(6-13)12(17)14-8(3)11(16)15-9-4-5-9/h7-10H,4-6,13H2,1-3H3,(H,14,17)(H,15,16). The Balaban J connectivity index is 2.39. The van der Waals surface area contributed by atoms with Crippen LogP contribution in [0.1, 0.15) is 33.6 Å². The van der Waals surface area contributed by atoms with Crippen molar-refractivity contribution in [1.29, 1.82) is 0 Å². The monoisotopic (exact) mass is 241 g/mol. The first-order chi connectivity index (χ1) is 7.95. The molecule has 0 aromatic carbocycles. The van der Waals surface area contributed by atoms with Gasteiger partial charge in [-0.05, 0) is 25.7 Å². The number of carbonyl (C=O) groups is 2. The number of nitrogens with one attached hydrogen (secondary N) is 2. The van der Waals surface area contributed by atoms with Crippen molar-refractivity contribution in [2.75, 3.05) is 6.54 Å². The van der Waals surface area contributed by atoms with Crippen LogP contribution in [-0.4, -0.2) is 30.4 Å². The zero-order valence-electron chi connectivity index (χ0n) is 10.8. The highest BCUT2D eigenvalue weighted by Crippen LogP contribution is 2.18.